The summed E-state index contributed by atoms with van der Waals surface area (Å²) in [5.74, 6) is 0.506. The molecule has 1 aliphatic rings. The van der Waals surface area contributed by atoms with E-state index in [1.54, 1.807) is 6.07 Å². The fraction of sp³-hybridized carbons (Fsp3) is 0.333. The van der Waals surface area contributed by atoms with E-state index in [9.17, 15) is 18.0 Å². The minimum atomic E-state index is -4.34. The first kappa shape index (κ1) is 28.5. The van der Waals surface area contributed by atoms with Gasteiger partial charge in [0, 0.05) is 19.2 Å². The molecule has 5 rings (SSSR count). The summed E-state index contributed by atoms with van der Waals surface area (Å²) in [5, 5.41) is 4.19. The summed E-state index contributed by atoms with van der Waals surface area (Å²) in [5.41, 5.74) is 5.11. The third kappa shape index (κ3) is 6.01. The minimum absolute atomic E-state index is 0.143. The average molecular weight is 563 g/mol. The molecule has 0 N–H and O–H groups in total. The number of halogens is 3. The van der Waals surface area contributed by atoms with Crippen molar-refractivity contribution in [1.29, 1.82) is 0 Å². The zero-order valence-electron chi connectivity index (χ0n) is 23.4. The number of carbonyl (C=O) groups excluding carboxylic acids is 1. The zero-order chi connectivity index (χ0) is 29.2. The van der Waals surface area contributed by atoms with E-state index >= 15 is 0 Å². The fourth-order valence-electron chi connectivity index (χ4n) is 5.34. The summed E-state index contributed by atoms with van der Waals surface area (Å²) in [6, 6.07) is 21.6. The lowest BCUT2D eigenvalue weighted by molar-refractivity contribution is -0.146. The number of carbonyl (C=O) groups is 1. The van der Waals surface area contributed by atoms with Crippen LogP contribution in [0.2, 0.25) is 0 Å². The molecule has 1 saturated carbocycles. The number of nitrogens with zero attached hydrogens (tertiary/aromatic N) is 2. The molecule has 1 aliphatic carbocycles. The molecule has 0 radical (unpaired) electrons. The molecule has 8 heteroatoms. The topological polar surface area (TPSA) is 55.6 Å². The summed E-state index contributed by atoms with van der Waals surface area (Å²) >= 11 is 0. The third-order valence-electron chi connectivity index (χ3n) is 7.76. The number of alkyl halides is 3. The molecule has 1 heterocycles. The average Bonchev–Trinajstić information content (AvgIpc) is 3.69. The normalized spacial score (nSPS) is 14.1. The van der Waals surface area contributed by atoms with Gasteiger partial charge in [0.2, 0.25) is 0 Å². The standard InChI is InChI=1S/C33H33F3N2O3/c1-4-40-31(39)32(18-19-32)27-16-14-25(15-17-27)24-10-12-26(13-11-24)30-29(22(2)37-41-30)38(3)20-6-8-23-7-5-9-28(21-23)33(34,35)36/h5,7,9-17,21H,4,6,8,18-20H2,1-3H3. The maximum absolute atomic E-state index is 13.0. The SMILES string of the molecule is CCOC(=O)C1(c2ccc(-c3ccc(-c4onc(C)c4N(C)CCCc4cccc(C(F)(F)F)c4)cc3)cc2)CC1. The van der Waals surface area contributed by atoms with Gasteiger partial charge in [-0.05, 0) is 67.9 Å². The van der Waals surface area contributed by atoms with E-state index in [1.807, 2.05) is 74.3 Å². The zero-order valence-corrected chi connectivity index (χ0v) is 23.4. The van der Waals surface area contributed by atoms with Crippen molar-refractivity contribution in [3.05, 3.63) is 95.2 Å². The molecule has 5 nitrogen and oxygen atoms in total. The monoisotopic (exact) mass is 562 g/mol. The molecule has 4 aromatic rings. The van der Waals surface area contributed by atoms with Crippen LogP contribution in [-0.2, 0) is 27.5 Å². The first-order valence-corrected chi connectivity index (χ1v) is 13.8. The van der Waals surface area contributed by atoms with Crippen molar-refractivity contribution in [3.8, 4) is 22.5 Å². The van der Waals surface area contributed by atoms with Gasteiger partial charge in [-0.3, -0.25) is 4.79 Å². The quantitative estimate of drug-likeness (QED) is 0.183. The molecule has 0 unspecified atom stereocenters. The predicted molar refractivity (Wildman–Crippen MR) is 153 cm³/mol. The number of anilines is 1. The Hall–Kier alpha value is -4.07. The van der Waals surface area contributed by atoms with E-state index in [-0.39, 0.29) is 5.97 Å². The van der Waals surface area contributed by atoms with Crippen LogP contribution in [0.15, 0.2) is 77.3 Å². The molecule has 3 aromatic carbocycles. The number of hydrogen-bond acceptors (Lipinski definition) is 5. The fourth-order valence-corrected chi connectivity index (χ4v) is 5.34. The molecule has 0 atom stereocenters. The number of benzene rings is 3. The Morgan fingerprint density at radius 2 is 1.63 bits per heavy atom. The molecule has 1 fully saturated rings. The van der Waals surface area contributed by atoms with Crippen LogP contribution >= 0.6 is 0 Å². The Kier molecular flexibility index (Phi) is 7.93. The molecule has 0 amide bonds. The number of ether oxygens (including phenoxy) is 1. The lowest BCUT2D eigenvalue weighted by atomic mass is 9.93. The van der Waals surface area contributed by atoms with Gasteiger partial charge in [0.05, 0.1) is 17.6 Å². The van der Waals surface area contributed by atoms with E-state index in [1.165, 1.54) is 12.1 Å². The van der Waals surface area contributed by atoms with E-state index in [0.29, 0.717) is 37.3 Å². The Balaban J connectivity index is 1.25. The summed E-state index contributed by atoms with van der Waals surface area (Å²) < 4.78 is 50.1. The van der Waals surface area contributed by atoms with Crippen LogP contribution in [-0.4, -0.2) is 31.3 Å². The van der Waals surface area contributed by atoms with Crippen molar-refractivity contribution >= 4 is 11.7 Å². The summed E-state index contributed by atoms with van der Waals surface area (Å²) in [6.07, 6.45) is -1.50. The van der Waals surface area contributed by atoms with Crippen LogP contribution in [0.1, 0.15) is 48.6 Å². The van der Waals surface area contributed by atoms with Gasteiger partial charge in [-0.25, -0.2) is 0 Å². The third-order valence-corrected chi connectivity index (χ3v) is 7.76. The van der Waals surface area contributed by atoms with Crippen molar-refractivity contribution in [1.82, 2.24) is 5.16 Å². The van der Waals surface area contributed by atoms with Crippen molar-refractivity contribution in [2.45, 2.75) is 51.1 Å². The van der Waals surface area contributed by atoms with E-state index in [0.717, 1.165) is 52.5 Å². The van der Waals surface area contributed by atoms with Crippen LogP contribution in [0, 0.1) is 6.92 Å². The van der Waals surface area contributed by atoms with E-state index < -0.39 is 17.2 Å². The Morgan fingerprint density at radius 3 is 2.24 bits per heavy atom. The first-order chi connectivity index (χ1) is 19.6. The van der Waals surface area contributed by atoms with Crippen LogP contribution in [0.4, 0.5) is 18.9 Å². The molecule has 0 aliphatic heterocycles. The Bertz CT molecular complexity index is 1500. The Labute approximate surface area is 237 Å². The summed E-state index contributed by atoms with van der Waals surface area (Å²) in [6.45, 7) is 4.72. The number of aromatic nitrogens is 1. The lowest BCUT2D eigenvalue weighted by Crippen LogP contribution is -2.23. The number of esters is 1. The van der Waals surface area contributed by atoms with Gasteiger partial charge in [0.1, 0.15) is 11.4 Å². The van der Waals surface area contributed by atoms with Crippen LogP contribution < -0.4 is 4.90 Å². The maximum Gasteiger partial charge on any atom is 0.416 e. The molecule has 0 bridgehead atoms. The second kappa shape index (κ2) is 11.4. The number of hydrogen-bond donors (Lipinski definition) is 0. The highest BCUT2D eigenvalue weighted by Crippen LogP contribution is 2.49. The van der Waals surface area contributed by atoms with E-state index in [2.05, 4.69) is 5.16 Å². The number of aryl methyl sites for hydroxylation is 2. The van der Waals surface area contributed by atoms with Gasteiger partial charge in [-0.1, -0.05) is 71.9 Å². The Morgan fingerprint density at radius 1 is 1.00 bits per heavy atom. The van der Waals surface area contributed by atoms with Crippen molar-refractivity contribution in [2.75, 3.05) is 25.1 Å². The van der Waals surface area contributed by atoms with Gasteiger partial charge in [-0.2, -0.15) is 13.2 Å². The molecule has 0 saturated heterocycles. The van der Waals surface area contributed by atoms with Gasteiger partial charge in [0.25, 0.3) is 0 Å². The molecule has 1 aromatic heterocycles. The molecule has 214 valence electrons. The van der Waals surface area contributed by atoms with Gasteiger partial charge >= 0.3 is 12.1 Å². The van der Waals surface area contributed by atoms with Gasteiger partial charge in [-0.15, -0.1) is 0 Å². The second-order valence-electron chi connectivity index (χ2n) is 10.6. The predicted octanol–water partition coefficient (Wildman–Crippen LogP) is 8.00. The maximum atomic E-state index is 13.0. The molecular formula is C33H33F3N2O3. The largest absolute Gasteiger partial charge is 0.465 e. The highest BCUT2D eigenvalue weighted by molar-refractivity contribution is 5.87. The van der Waals surface area contributed by atoms with Gasteiger partial charge in [0.15, 0.2) is 5.76 Å². The molecular weight excluding hydrogens is 529 g/mol. The van der Waals surface area contributed by atoms with E-state index in [4.69, 9.17) is 9.26 Å². The first-order valence-electron chi connectivity index (χ1n) is 13.8. The van der Waals surface area contributed by atoms with Crippen molar-refractivity contribution in [2.24, 2.45) is 0 Å². The summed E-state index contributed by atoms with van der Waals surface area (Å²) in [4.78, 5) is 14.5. The second-order valence-corrected chi connectivity index (χ2v) is 10.6. The van der Waals surface area contributed by atoms with Crippen molar-refractivity contribution < 1.29 is 27.2 Å². The van der Waals surface area contributed by atoms with Crippen LogP contribution in [0.5, 0.6) is 0 Å². The molecule has 0 spiro atoms. The lowest BCUT2D eigenvalue weighted by Gasteiger charge is -2.19. The summed E-state index contributed by atoms with van der Waals surface area (Å²) in [7, 11) is 1.94. The highest BCUT2D eigenvalue weighted by atomic mass is 19.4. The minimum Gasteiger partial charge on any atom is -0.465 e. The van der Waals surface area contributed by atoms with Crippen molar-refractivity contribution in [3.63, 3.8) is 0 Å². The van der Waals surface area contributed by atoms with Gasteiger partial charge < -0.3 is 14.2 Å². The van der Waals surface area contributed by atoms with Crippen LogP contribution in [0.25, 0.3) is 22.5 Å². The highest BCUT2D eigenvalue weighted by Gasteiger charge is 2.52. The number of rotatable bonds is 10. The smallest absolute Gasteiger partial charge is 0.416 e. The van der Waals surface area contributed by atoms with Crippen LogP contribution in [0.3, 0.4) is 0 Å². The molecule has 41 heavy (non-hydrogen) atoms.